The molecule has 11 rings (SSSR count). The van der Waals surface area contributed by atoms with Gasteiger partial charge in [-0.3, -0.25) is 0 Å². The summed E-state index contributed by atoms with van der Waals surface area (Å²) in [6, 6.07) is 65.6. The maximum Gasteiger partial charge on any atom is 0.164 e. The number of benzene rings is 8. The third-order valence-corrected chi connectivity index (χ3v) is 11.7. The average Bonchev–Trinajstić information content (AvgIpc) is 3.86. The molecule has 0 bridgehead atoms. The molecule has 3 aromatic heterocycles. The minimum absolute atomic E-state index is 0.595. The van der Waals surface area contributed by atoms with Crippen LogP contribution in [0.4, 0.5) is 0 Å². The smallest absolute Gasteiger partial charge is 0.164 e. The van der Waals surface area contributed by atoms with E-state index < -0.39 is 0 Å². The van der Waals surface area contributed by atoms with Crippen LogP contribution in [0.15, 0.2) is 192 Å². The summed E-state index contributed by atoms with van der Waals surface area (Å²) in [7, 11) is 0. The normalized spacial score (nSPS) is 11.6. The molecule has 0 fully saturated rings. The topological polar surface area (TPSA) is 51.8 Å². The maximum absolute atomic E-state index is 6.83. The van der Waals surface area contributed by atoms with Crippen LogP contribution in [0.2, 0.25) is 0 Å². The summed E-state index contributed by atoms with van der Waals surface area (Å²) < 4.78 is 9.36. The molecule has 0 N–H and O–H groups in total. The lowest BCUT2D eigenvalue weighted by Crippen LogP contribution is -2.00. The van der Waals surface area contributed by atoms with Gasteiger partial charge >= 0.3 is 0 Å². The van der Waals surface area contributed by atoms with Crippen molar-refractivity contribution >= 4 is 53.4 Å². The number of aromatic nitrogens is 3. The molecular formula is C51H31N3OS. The van der Waals surface area contributed by atoms with E-state index in [1.54, 1.807) is 0 Å². The first-order chi connectivity index (χ1) is 27.7. The van der Waals surface area contributed by atoms with Gasteiger partial charge in [0.1, 0.15) is 11.2 Å². The summed E-state index contributed by atoms with van der Waals surface area (Å²) in [5, 5.41) is 4.56. The van der Waals surface area contributed by atoms with Crippen LogP contribution in [0, 0.1) is 0 Å². The van der Waals surface area contributed by atoms with Gasteiger partial charge in [-0.15, -0.1) is 11.3 Å². The predicted octanol–water partition coefficient (Wildman–Crippen LogP) is 14.1. The summed E-state index contributed by atoms with van der Waals surface area (Å²) in [5.41, 5.74) is 11.2. The van der Waals surface area contributed by atoms with Gasteiger partial charge in [-0.05, 0) is 52.1 Å². The van der Waals surface area contributed by atoms with E-state index in [1.807, 2.05) is 59.9 Å². The molecule has 4 nitrogen and oxygen atoms in total. The molecule has 0 unspecified atom stereocenters. The zero-order chi connectivity index (χ0) is 37.0. The Morgan fingerprint density at radius 3 is 1.64 bits per heavy atom. The van der Waals surface area contributed by atoms with Gasteiger partial charge in [0.15, 0.2) is 17.5 Å². The Morgan fingerprint density at radius 1 is 0.339 bits per heavy atom. The SMILES string of the molecule is c1ccc(-c2ccc(-c3nc(-c4ccccc4)nc(-c4cccc5oc6c(-c7cc(-c8ccccc8)c8c(c7)sc7ccccc78)cccc6c45)n3)cc2)cc1. The van der Waals surface area contributed by atoms with Crippen molar-refractivity contribution in [2.45, 2.75) is 0 Å². The quantitative estimate of drug-likeness (QED) is 0.171. The highest BCUT2D eigenvalue weighted by molar-refractivity contribution is 7.26. The number of nitrogens with zero attached hydrogens (tertiary/aromatic N) is 3. The zero-order valence-corrected chi connectivity index (χ0v) is 30.9. The van der Waals surface area contributed by atoms with Crippen molar-refractivity contribution in [3.05, 3.63) is 188 Å². The van der Waals surface area contributed by atoms with Gasteiger partial charge in [-0.25, -0.2) is 15.0 Å². The van der Waals surface area contributed by atoms with E-state index in [4.69, 9.17) is 19.4 Å². The summed E-state index contributed by atoms with van der Waals surface area (Å²) in [6.45, 7) is 0. The second kappa shape index (κ2) is 13.3. The van der Waals surface area contributed by atoms with Crippen LogP contribution in [0.1, 0.15) is 0 Å². The molecular weight excluding hydrogens is 703 g/mol. The molecule has 0 aliphatic carbocycles. The molecule has 0 saturated carbocycles. The Bertz CT molecular complexity index is 3230. The Morgan fingerprint density at radius 2 is 0.893 bits per heavy atom. The minimum atomic E-state index is 0.595. The number of fused-ring (bicyclic) bond motifs is 6. The van der Waals surface area contributed by atoms with E-state index in [1.165, 1.54) is 36.9 Å². The number of hydrogen-bond donors (Lipinski definition) is 0. The molecule has 0 saturated heterocycles. The second-order valence-corrected chi connectivity index (χ2v) is 15.0. The maximum atomic E-state index is 6.83. The van der Waals surface area contributed by atoms with Crippen molar-refractivity contribution in [3.63, 3.8) is 0 Å². The van der Waals surface area contributed by atoms with Crippen LogP contribution in [-0.2, 0) is 0 Å². The fourth-order valence-corrected chi connectivity index (χ4v) is 9.07. The number of thiophene rings is 1. The molecule has 3 heterocycles. The van der Waals surface area contributed by atoms with Gasteiger partial charge < -0.3 is 4.42 Å². The highest BCUT2D eigenvalue weighted by atomic mass is 32.1. The molecule has 0 amide bonds. The highest BCUT2D eigenvalue weighted by Gasteiger charge is 2.21. The van der Waals surface area contributed by atoms with E-state index in [9.17, 15) is 0 Å². The van der Waals surface area contributed by atoms with Crippen LogP contribution in [0.5, 0.6) is 0 Å². The van der Waals surface area contributed by atoms with Crippen LogP contribution in [-0.4, -0.2) is 15.0 Å². The summed E-state index contributed by atoms with van der Waals surface area (Å²) in [6.07, 6.45) is 0. The Hall–Kier alpha value is -7.21. The molecule has 0 aliphatic heterocycles. The third kappa shape index (κ3) is 5.48. The van der Waals surface area contributed by atoms with E-state index in [0.29, 0.717) is 17.5 Å². The second-order valence-electron chi connectivity index (χ2n) is 13.9. The fourth-order valence-electron chi connectivity index (χ4n) is 7.90. The molecule has 0 aliphatic rings. The van der Waals surface area contributed by atoms with Crippen molar-refractivity contribution in [1.29, 1.82) is 0 Å². The first-order valence-corrected chi connectivity index (χ1v) is 19.5. The van der Waals surface area contributed by atoms with Gasteiger partial charge in [0.2, 0.25) is 0 Å². The van der Waals surface area contributed by atoms with Crippen molar-refractivity contribution in [3.8, 4) is 67.5 Å². The average molecular weight is 734 g/mol. The Labute approximate surface area is 327 Å². The van der Waals surface area contributed by atoms with Gasteiger partial charge in [0, 0.05) is 53.2 Å². The van der Waals surface area contributed by atoms with Crippen LogP contribution >= 0.6 is 11.3 Å². The largest absolute Gasteiger partial charge is 0.455 e. The van der Waals surface area contributed by atoms with E-state index >= 15 is 0 Å². The third-order valence-electron chi connectivity index (χ3n) is 10.6. The van der Waals surface area contributed by atoms with Crippen LogP contribution in [0.25, 0.3) is 110 Å². The molecule has 11 aromatic rings. The van der Waals surface area contributed by atoms with Crippen molar-refractivity contribution in [2.75, 3.05) is 0 Å². The minimum Gasteiger partial charge on any atom is -0.455 e. The number of para-hydroxylation sites is 1. The van der Waals surface area contributed by atoms with Crippen molar-refractivity contribution in [1.82, 2.24) is 15.0 Å². The van der Waals surface area contributed by atoms with Crippen LogP contribution < -0.4 is 0 Å². The molecule has 0 radical (unpaired) electrons. The molecule has 8 aromatic carbocycles. The lowest BCUT2D eigenvalue weighted by Gasteiger charge is -2.10. The highest BCUT2D eigenvalue weighted by Crippen LogP contribution is 2.45. The van der Waals surface area contributed by atoms with Crippen molar-refractivity contribution < 1.29 is 4.42 Å². The Kier molecular flexibility index (Phi) is 7.64. The van der Waals surface area contributed by atoms with Gasteiger partial charge in [-0.1, -0.05) is 164 Å². The van der Waals surface area contributed by atoms with Gasteiger partial charge in [0.05, 0.1) is 0 Å². The van der Waals surface area contributed by atoms with E-state index in [-0.39, 0.29) is 0 Å². The number of furan rings is 1. The lowest BCUT2D eigenvalue weighted by atomic mass is 9.93. The van der Waals surface area contributed by atoms with E-state index in [2.05, 4.69) is 140 Å². The summed E-state index contributed by atoms with van der Waals surface area (Å²) in [4.78, 5) is 15.3. The molecule has 56 heavy (non-hydrogen) atoms. The first-order valence-electron chi connectivity index (χ1n) is 18.7. The molecule has 0 atom stereocenters. The Balaban J connectivity index is 1.10. The van der Waals surface area contributed by atoms with Crippen molar-refractivity contribution in [2.24, 2.45) is 0 Å². The van der Waals surface area contributed by atoms with Crippen LogP contribution in [0.3, 0.4) is 0 Å². The lowest BCUT2D eigenvalue weighted by molar-refractivity contribution is 0.670. The first kappa shape index (κ1) is 32.2. The predicted molar refractivity (Wildman–Crippen MR) is 233 cm³/mol. The fraction of sp³-hybridized carbons (Fsp3) is 0. The summed E-state index contributed by atoms with van der Waals surface area (Å²) in [5.74, 6) is 1.83. The van der Waals surface area contributed by atoms with Gasteiger partial charge in [0.25, 0.3) is 0 Å². The zero-order valence-electron chi connectivity index (χ0n) is 30.1. The monoisotopic (exact) mass is 733 g/mol. The number of rotatable bonds is 6. The molecule has 262 valence electrons. The number of hydrogen-bond acceptors (Lipinski definition) is 5. The summed E-state index contributed by atoms with van der Waals surface area (Å²) >= 11 is 1.83. The molecule has 5 heteroatoms. The molecule has 0 spiro atoms. The van der Waals surface area contributed by atoms with E-state index in [0.717, 1.165) is 55.3 Å². The standard InChI is InChI=1S/C51H31N3OS/c1-4-14-32(15-5-1)33-26-28-36(29-27-33)50-52-49(35-18-8-3-9-19-35)53-51(54-50)41-23-13-24-43-46(41)40-22-12-21-38(48(40)55-43)37-30-42(34-16-6-2-7-17-34)47-39-20-10-11-25-44(39)56-45(47)31-37/h1-31H. The van der Waals surface area contributed by atoms with Gasteiger partial charge in [-0.2, -0.15) is 0 Å².